The van der Waals surface area contributed by atoms with E-state index in [1.54, 1.807) is 18.5 Å². The smallest absolute Gasteiger partial charge is 0.126 e. The van der Waals surface area contributed by atoms with Crippen LogP contribution < -0.4 is 10.2 Å². The Morgan fingerprint density at radius 1 is 1.12 bits per heavy atom. The van der Waals surface area contributed by atoms with Crippen LogP contribution in [-0.4, -0.2) is 6.61 Å². The zero-order chi connectivity index (χ0) is 11.1. The number of nitrogens with one attached hydrogen (secondary N) is 1. The molecular weight excluding hydrogens is 202 g/mol. The average Bonchev–Trinajstić information content (AvgIpc) is 2.42. The van der Waals surface area contributed by atoms with Crippen molar-refractivity contribution in [3.05, 3.63) is 60.5 Å². The van der Waals surface area contributed by atoms with Crippen LogP contribution in [0.25, 0.3) is 6.08 Å². The van der Waals surface area contributed by atoms with Crippen LogP contribution in [0, 0.1) is 0 Å². The first kappa shape index (κ1) is 10.4. The van der Waals surface area contributed by atoms with Crippen molar-refractivity contribution in [3.8, 4) is 5.75 Å². The molecule has 0 radical (unpaired) electrons. The molecule has 2 aliphatic rings. The van der Waals surface area contributed by atoms with E-state index in [9.17, 15) is 0 Å². The van der Waals surface area contributed by atoms with Gasteiger partial charge in [0, 0.05) is 11.8 Å². The van der Waals surface area contributed by atoms with Gasteiger partial charge in [0.1, 0.15) is 18.6 Å². The van der Waals surface area contributed by atoms with E-state index in [-0.39, 0.29) is 0 Å². The monoisotopic (exact) mass is 215 g/mol. The Morgan fingerprint density at radius 3 is 2.69 bits per heavy atom. The minimum atomic E-state index is 0.705. The third kappa shape index (κ3) is 2.92. The number of hydrogen-bond donors (Lipinski definition) is 1. The fourth-order valence-electron chi connectivity index (χ4n) is 1.32. The summed E-state index contributed by atoms with van der Waals surface area (Å²) in [5, 5.41) is 0. The first-order valence-electron chi connectivity index (χ1n) is 5.08. The second-order valence-electron chi connectivity index (χ2n) is 3.17. The minimum absolute atomic E-state index is 0.705. The molecule has 2 heterocycles. The molecule has 16 heavy (non-hydrogen) atoms. The summed E-state index contributed by atoms with van der Waals surface area (Å²) in [6.45, 7) is 0.705. The van der Waals surface area contributed by atoms with E-state index in [2.05, 4.69) is 16.4 Å². The van der Waals surface area contributed by atoms with Gasteiger partial charge in [-0.3, -0.25) is 0 Å². The predicted molar refractivity (Wildman–Crippen MR) is 63.5 cm³/mol. The predicted octanol–water partition coefficient (Wildman–Crippen LogP) is 2.64. The summed E-state index contributed by atoms with van der Waals surface area (Å²) in [5.41, 5.74) is 3.69. The second kappa shape index (κ2) is 5.66. The molecule has 3 rings (SSSR count). The maximum atomic E-state index is 5.34. The molecule has 2 aliphatic heterocycles. The molecule has 0 fully saturated rings. The van der Waals surface area contributed by atoms with Gasteiger partial charge >= 0.3 is 0 Å². The lowest BCUT2D eigenvalue weighted by Crippen LogP contribution is -2.01. The highest BCUT2D eigenvalue weighted by atomic mass is 16.6. The van der Waals surface area contributed by atoms with E-state index in [0.717, 1.165) is 5.75 Å². The van der Waals surface area contributed by atoms with E-state index in [1.165, 1.54) is 5.56 Å². The highest BCUT2D eigenvalue weighted by Crippen LogP contribution is 2.21. The molecule has 82 valence electrons. The van der Waals surface area contributed by atoms with Gasteiger partial charge < -0.3 is 9.57 Å². The summed E-state index contributed by atoms with van der Waals surface area (Å²) in [7, 11) is 0. The Bertz CT molecular complexity index is 410. The largest absolute Gasteiger partial charge is 0.489 e. The SMILES string of the molecule is C1=CNOC=C1.C1=Cc2ccccc2OC1. The Labute approximate surface area is 94.6 Å². The van der Waals surface area contributed by atoms with Crippen LogP contribution in [0.4, 0.5) is 0 Å². The van der Waals surface area contributed by atoms with Gasteiger partial charge in [-0.05, 0) is 24.3 Å². The van der Waals surface area contributed by atoms with Gasteiger partial charge in [-0.1, -0.05) is 24.3 Å². The summed E-state index contributed by atoms with van der Waals surface area (Å²) < 4.78 is 5.34. The summed E-state index contributed by atoms with van der Waals surface area (Å²) in [6, 6.07) is 8.03. The number of hydroxylamine groups is 1. The van der Waals surface area contributed by atoms with Crippen LogP contribution in [-0.2, 0) is 4.84 Å². The van der Waals surface area contributed by atoms with Gasteiger partial charge in [0.15, 0.2) is 0 Å². The molecule has 0 aliphatic carbocycles. The summed E-state index contributed by atoms with van der Waals surface area (Å²) in [5.74, 6) is 0.991. The number of rotatable bonds is 0. The first-order valence-corrected chi connectivity index (χ1v) is 5.08. The van der Waals surface area contributed by atoms with Gasteiger partial charge in [0.2, 0.25) is 0 Å². The molecule has 3 nitrogen and oxygen atoms in total. The van der Waals surface area contributed by atoms with Gasteiger partial charge in [-0.15, -0.1) is 0 Å². The van der Waals surface area contributed by atoms with Crippen LogP contribution in [0.1, 0.15) is 5.56 Å². The van der Waals surface area contributed by atoms with Crippen LogP contribution >= 0.6 is 0 Å². The third-order valence-corrected chi connectivity index (χ3v) is 2.04. The first-order chi connectivity index (χ1) is 7.97. The van der Waals surface area contributed by atoms with E-state index in [0.29, 0.717) is 6.61 Å². The number of allylic oxidation sites excluding steroid dienone is 2. The third-order valence-electron chi connectivity index (χ3n) is 2.04. The van der Waals surface area contributed by atoms with Crippen molar-refractivity contribution in [1.29, 1.82) is 0 Å². The van der Waals surface area contributed by atoms with Crippen molar-refractivity contribution in [1.82, 2.24) is 5.48 Å². The van der Waals surface area contributed by atoms with Crippen molar-refractivity contribution < 1.29 is 9.57 Å². The minimum Gasteiger partial charge on any atom is -0.489 e. The van der Waals surface area contributed by atoms with Crippen LogP contribution in [0.15, 0.2) is 55.0 Å². The topological polar surface area (TPSA) is 30.5 Å². The zero-order valence-corrected chi connectivity index (χ0v) is 8.80. The van der Waals surface area contributed by atoms with Crippen LogP contribution in [0.5, 0.6) is 5.75 Å². The molecule has 0 aromatic heterocycles. The number of fused-ring (bicyclic) bond motifs is 1. The lowest BCUT2D eigenvalue weighted by Gasteiger charge is -2.10. The fraction of sp³-hybridized carbons (Fsp3) is 0.0769. The molecule has 0 atom stereocenters. The Morgan fingerprint density at radius 2 is 2.06 bits per heavy atom. The highest BCUT2D eigenvalue weighted by molar-refractivity contribution is 5.58. The van der Waals surface area contributed by atoms with Crippen LogP contribution in [0.3, 0.4) is 0 Å². The van der Waals surface area contributed by atoms with E-state index >= 15 is 0 Å². The summed E-state index contributed by atoms with van der Waals surface area (Å²) in [4.78, 5) is 4.55. The molecule has 0 unspecified atom stereocenters. The summed E-state index contributed by atoms with van der Waals surface area (Å²) >= 11 is 0. The Hall–Kier alpha value is -2.16. The fourth-order valence-corrected chi connectivity index (χ4v) is 1.32. The average molecular weight is 215 g/mol. The quantitative estimate of drug-likeness (QED) is 0.721. The maximum absolute atomic E-state index is 5.34. The van der Waals surface area contributed by atoms with Crippen molar-refractivity contribution in [2.45, 2.75) is 0 Å². The van der Waals surface area contributed by atoms with Gasteiger partial charge in [0.25, 0.3) is 0 Å². The molecule has 0 bridgehead atoms. The Kier molecular flexibility index (Phi) is 3.66. The van der Waals surface area contributed by atoms with Crippen molar-refractivity contribution >= 4 is 6.08 Å². The molecule has 0 amide bonds. The summed E-state index contributed by atoms with van der Waals surface area (Å²) in [6.07, 6.45) is 11.0. The highest BCUT2D eigenvalue weighted by Gasteiger charge is 2.01. The molecule has 1 N–H and O–H groups in total. The lowest BCUT2D eigenvalue weighted by molar-refractivity contribution is 0.172. The second-order valence-corrected chi connectivity index (χ2v) is 3.17. The number of hydrogen-bond acceptors (Lipinski definition) is 3. The van der Waals surface area contributed by atoms with E-state index in [4.69, 9.17) is 4.74 Å². The maximum Gasteiger partial charge on any atom is 0.126 e. The standard InChI is InChI=1S/C9H8O.C4H5NO/c1-2-6-9-8(4-1)5-3-7-10-9;1-2-4-6-5-3-1/h1-6H,7H2;1-5H. The Balaban J connectivity index is 0.000000138. The lowest BCUT2D eigenvalue weighted by atomic mass is 10.1. The zero-order valence-electron chi connectivity index (χ0n) is 8.80. The molecule has 1 aromatic rings. The number of para-hydroxylation sites is 1. The van der Waals surface area contributed by atoms with E-state index < -0.39 is 0 Å². The molecule has 0 saturated carbocycles. The molecule has 1 aromatic carbocycles. The van der Waals surface area contributed by atoms with Crippen molar-refractivity contribution in [3.63, 3.8) is 0 Å². The van der Waals surface area contributed by atoms with Gasteiger partial charge in [0.05, 0.1) is 0 Å². The van der Waals surface area contributed by atoms with Gasteiger partial charge in [-0.2, -0.15) is 0 Å². The molecule has 3 heteroatoms. The number of ether oxygens (including phenoxy) is 1. The van der Waals surface area contributed by atoms with Crippen molar-refractivity contribution in [2.24, 2.45) is 0 Å². The van der Waals surface area contributed by atoms with Crippen molar-refractivity contribution in [2.75, 3.05) is 6.61 Å². The molecule has 0 saturated heterocycles. The van der Waals surface area contributed by atoms with E-state index in [1.807, 2.05) is 36.4 Å². The molecule has 0 spiro atoms. The molecular formula is C13H13NO2. The van der Waals surface area contributed by atoms with Crippen LogP contribution in [0.2, 0.25) is 0 Å². The number of benzene rings is 1. The van der Waals surface area contributed by atoms with Gasteiger partial charge in [-0.25, -0.2) is 5.48 Å². The normalized spacial score (nSPS) is 14.8.